The number of Topliss-reactive ketones (excluding diaryl/α,β-unsaturated/α-hetero) is 1. The van der Waals surface area contributed by atoms with Crippen molar-refractivity contribution in [3.8, 4) is 0 Å². The molecule has 0 N–H and O–H groups in total. The smallest absolute Gasteiger partial charge is 0.153 e. The number of hydrogen-bond donors (Lipinski definition) is 0. The van der Waals surface area contributed by atoms with Gasteiger partial charge in [-0.05, 0) is 26.7 Å². The highest BCUT2D eigenvalue weighted by Crippen LogP contribution is 2.22. The number of hydrogen-bond acceptors (Lipinski definition) is 3. The van der Waals surface area contributed by atoms with E-state index >= 15 is 0 Å². The molecule has 1 fully saturated rings. The van der Waals surface area contributed by atoms with E-state index in [2.05, 4.69) is 30.9 Å². The second-order valence-corrected chi connectivity index (χ2v) is 5.07. The maximum atomic E-state index is 12.1. The summed E-state index contributed by atoms with van der Waals surface area (Å²) in [4.78, 5) is 12.1. The second kappa shape index (κ2) is 5.08. The quantitative estimate of drug-likeness (QED) is 0.714. The maximum absolute atomic E-state index is 12.1. The van der Waals surface area contributed by atoms with Gasteiger partial charge in [0, 0.05) is 25.6 Å². The van der Waals surface area contributed by atoms with Gasteiger partial charge in [-0.1, -0.05) is 13.8 Å². The Bertz CT molecular complexity index is 226. The van der Waals surface area contributed by atoms with Gasteiger partial charge in [-0.15, -0.1) is 0 Å². The third-order valence-corrected chi connectivity index (χ3v) is 3.10. The molecular weight excluding hydrogens is 188 g/mol. The molecule has 0 aromatic rings. The maximum Gasteiger partial charge on any atom is 0.153 e. The Morgan fingerprint density at radius 2 is 1.87 bits per heavy atom. The summed E-state index contributed by atoms with van der Waals surface area (Å²) in [6, 6.07) is 0.506. The van der Waals surface area contributed by atoms with Crippen molar-refractivity contribution in [2.75, 3.05) is 13.6 Å². The van der Waals surface area contributed by atoms with Crippen LogP contribution in [-0.2, 0) is 4.79 Å². The number of carbonyl (C=O) groups excluding carboxylic acids is 1. The van der Waals surface area contributed by atoms with Gasteiger partial charge in [0.05, 0.1) is 6.04 Å². The van der Waals surface area contributed by atoms with Crippen LogP contribution >= 0.6 is 0 Å². The van der Waals surface area contributed by atoms with Crippen LogP contribution in [0.2, 0.25) is 0 Å². The van der Waals surface area contributed by atoms with Crippen molar-refractivity contribution < 1.29 is 4.79 Å². The standard InChI is InChI=1S/C12H24N2O/c1-9(2)12(15)11-7-6-8-13(5)14(11)10(3)4/h9-11H,6-8H2,1-5H3. The Morgan fingerprint density at radius 3 is 2.33 bits per heavy atom. The molecule has 1 rings (SSSR count). The Balaban J connectivity index is 2.79. The lowest BCUT2D eigenvalue weighted by atomic mass is 9.95. The molecule has 0 aromatic carbocycles. The third-order valence-electron chi connectivity index (χ3n) is 3.10. The summed E-state index contributed by atoms with van der Waals surface area (Å²) in [5, 5.41) is 4.45. The van der Waals surface area contributed by atoms with Crippen LogP contribution in [0, 0.1) is 5.92 Å². The van der Waals surface area contributed by atoms with Crippen LogP contribution in [0.5, 0.6) is 0 Å². The summed E-state index contributed by atoms with van der Waals surface area (Å²) in [5.74, 6) is 0.526. The fraction of sp³-hybridized carbons (Fsp3) is 0.917. The first-order valence-corrected chi connectivity index (χ1v) is 5.98. The molecule has 88 valence electrons. The molecule has 1 unspecified atom stereocenters. The lowest BCUT2D eigenvalue weighted by Crippen LogP contribution is -2.57. The molecule has 1 saturated heterocycles. The molecule has 0 spiro atoms. The van der Waals surface area contributed by atoms with Crippen LogP contribution in [0.15, 0.2) is 0 Å². The van der Waals surface area contributed by atoms with Crippen LogP contribution in [0.1, 0.15) is 40.5 Å². The zero-order valence-electron chi connectivity index (χ0n) is 10.7. The molecule has 1 aliphatic heterocycles. The van der Waals surface area contributed by atoms with Gasteiger partial charge in [0.1, 0.15) is 0 Å². The Morgan fingerprint density at radius 1 is 1.27 bits per heavy atom. The lowest BCUT2D eigenvalue weighted by Gasteiger charge is -2.44. The van der Waals surface area contributed by atoms with Crippen molar-refractivity contribution in [1.82, 2.24) is 10.0 Å². The van der Waals surface area contributed by atoms with Crippen LogP contribution in [0.25, 0.3) is 0 Å². The van der Waals surface area contributed by atoms with Crippen molar-refractivity contribution in [2.24, 2.45) is 5.92 Å². The van der Waals surface area contributed by atoms with Crippen molar-refractivity contribution in [2.45, 2.75) is 52.6 Å². The molecule has 3 nitrogen and oxygen atoms in total. The van der Waals surface area contributed by atoms with Crippen molar-refractivity contribution in [3.05, 3.63) is 0 Å². The average Bonchev–Trinajstić information content (AvgIpc) is 2.15. The average molecular weight is 212 g/mol. The van der Waals surface area contributed by atoms with Gasteiger partial charge in [0.15, 0.2) is 5.78 Å². The van der Waals surface area contributed by atoms with E-state index in [1.807, 2.05) is 13.8 Å². The van der Waals surface area contributed by atoms with Crippen LogP contribution in [-0.4, -0.2) is 41.5 Å². The largest absolute Gasteiger partial charge is 0.298 e. The molecule has 0 aromatic heterocycles. The van der Waals surface area contributed by atoms with Crippen molar-refractivity contribution in [3.63, 3.8) is 0 Å². The van der Waals surface area contributed by atoms with E-state index in [9.17, 15) is 4.79 Å². The molecule has 1 heterocycles. The summed E-state index contributed by atoms with van der Waals surface area (Å²) < 4.78 is 0. The molecule has 0 aliphatic carbocycles. The minimum Gasteiger partial charge on any atom is -0.298 e. The first-order chi connectivity index (χ1) is 6.95. The molecular formula is C12H24N2O. The molecule has 1 atom stereocenters. The monoisotopic (exact) mass is 212 g/mol. The lowest BCUT2D eigenvalue weighted by molar-refractivity contribution is -0.146. The third kappa shape index (κ3) is 2.79. The zero-order valence-corrected chi connectivity index (χ0v) is 10.7. The van der Waals surface area contributed by atoms with Crippen LogP contribution in [0.4, 0.5) is 0 Å². The summed E-state index contributed by atoms with van der Waals surface area (Å²) in [5.41, 5.74) is 0. The number of carbonyl (C=O) groups is 1. The highest BCUT2D eigenvalue weighted by atomic mass is 16.1. The van der Waals surface area contributed by atoms with E-state index in [-0.39, 0.29) is 12.0 Å². The van der Waals surface area contributed by atoms with E-state index in [0.29, 0.717) is 11.8 Å². The Kier molecular flexibility index (Phi) is 4.29. The predicted octanol–water partition coefficient (Wildman–Crippen LogP) is 1.93. The zero-order chi connectivity index (χ0) is 11.6. The first kappa shape index (κ1) is 12.7. The van der Waals surface area contributed by atoms with Gasteiger partial charge in [-0.25, -0.2) is 10.0 Å². The van der Waals surface area contributed by atoms with Crippen molar-refractivity contribution >= 4 is 5.78 Å². The first-order valence-electron chi connectivity index (χ1n) is 5.98. The molecule has 15 heavy (non-hydrogen) atoms. The van der Waals surface area contributed by atoms with E-state index in [4.69, 9.17) is 0 Å². The minimum atomic E-state index is 0.101. The second-order valence-electron chi connectivity index (χ2n) is 5.07. The topological polar surface area (TPSA) is 23.6 Å². The SMILES string of the molecule is CC(C)C(=O)C1CCCN(C)N1C(C)C. The minimum absolute atomic E-state index is 0.101. The van der Waals surface area contributed by atoms with E-state index < -0.39 is 0 Å². The van der Waals surface area contributed by atoms with E-state index in [1.54, 1.807) is 0 Å². The highest BCUT2D eigenvalue weighted by Gasteiger charge is 2.34. The highest BCUT2D eigenvalue weighted by molar-refractivity contribution is 5.85. The fourth-order valence-corrected chi connectivity index (χ4v) is 2.41. The molecule has 3 heteroatoms. The molecule has 1 aliphatic rings. The van der Waals surface area contributed by atoms with Gasteiger partial charge < -0.3 is 0 Å². The summed E-state index contributed by atoms with van der Waals surface area (Å²) in [7, 11) is 2.08. The van der Waals surface area contributed by atoms with Gasteiger partial charge in [-0.2, -0.15) is 0 Å². The van der Waals surface area contributed by atoms with E-state index in [1.165, 1.54) is 0 Å². The molecule has 0 amide bonds. The number of nitrogens with zero attached hydrogens (tertiary/aromatic N) is 2. The molecule has 0 saturated carbocycles. The van der Waals surface area contributed by atoms with Gasteiger partial charge in [0.2, 0.25) is 0 Å². The van der Waals surface area contributed by atoms with Gasteiger partial charge >= 0.3 is 0 Å². The number of hydrazine groups is 1. The summed E-state index contributed by atoms with van der Waals surface area (Å²) in [6.07, 6.45) is 2.14. The summed E-state index contributed by atoms with van der Waals surface area (Å²) in [6.45, 7) is 9.37. The van der Waals surface area contributed by atoms with Crippen molar-refractivity contribution in [1.29, 1.82) is 0 Å². The van der Waals surface area contributed by atoms with Crippen LogP contribution in [0.3, 0.4) is 0 Å². The van der Waals surface area contributed by atoms with Gasteiger partial charge in [-0.3, -0.25) is 4.79 Å². The Labute approximate surface area is 93.4 Å². The molecule has 0 bridgehead atoms. The van der Waals surface area contributed by atoms with E-state index in [0.717, 1.165) is 19.4 Å². The normalized spacial score (nSPS) is 25.1. The predicted molar refractivity (Wildman–Crippen MR) is 62.5 cm³/mol. The fourth-order valence-electron chi connectivity index (χ4n) is 2.41. The number of rotatable bonds is 3. The molecule has 0 radical (unpaired) electrons. The van der Waals surface area contributed by atoms with Crippen LogP contribution < -0.4 is 0 Å². The Hall–Kier alpha value is -0.410. The van der Waals surface area contributed by atoms with Gasteiger partial charge in [0.25, 0.3) is 0 Å². The number of ketones is 1. The summed E-state index contributed by atoms with van der Waals surface area (Å²) >= 11 is 0.